The number of hydrogen-bond donors (Lipinski definition) is 3. The maximum absolute atomic E-state index is 13.7. The van der Waals surface area contributed by atoms with Gasteiger partial charge in [0.05, 0.1) is 34.9 Å². The van der Waals surface area contributed by atoms with E-state index in [0.29, 0.717) is 0 Å². The Labute approximate surface area is 247 Å². The van der Waals surface area contributed by atoms with Gasteiger partial charge in [-0.2, -0.15) is 0 Å². The molecule has 0 bridgehead atoms. The lowest BCUT2D eigenvalue weighted by molar-refractivity contribution is 0.0517. The number of carbonyl (C=O) groups excluding carboxylic acids is 3. The van der Waals surface area contributed by atoms with Crippen LogP contribution in [0.15, 0.2) is 82.6 Å². The van der Waals surface area contributed by atoms with Gasteiger partial charge in [0, 0.05) is 27.7 Å². The molecule has 1 aliphatic rings. The first-order valence-corrected chi connectivity index (χ1v) is 15.9. The van der Waals surface area contributed by atoms with Crippen LogP contribution in [0.3, 0.4) is 0 Å². The Bertz CT molecular complexity index is 1990. The first kappa shape index (κ1) is 29.5. The van der Waals surface area contributed by atoms with Crippen LogP contribution in [0.25, 0.3) is 10.8 Å². The second-order valence-electron chi connectivity index (χ2n) is 9.24. The van der Waals surface area contributed by atoms with Crippen LogP contribution in [-0.4, -0.2) is 47.9 Å². The molecule has 4 aromatic carbocycles. The van der Waals surface area contributed by atoms with Crippen molar-refractivity contribution in [2.24, 2.45) is 0 Å². The second kappa shape index (κ2) is 11.4. The van der Waals surface area contributed by atoms with E-state index in [1.54, 1.807) is 13.8 Å². The van der Waals surface area contributed by atoms with Gasteiger partial charge in [-0.05, 0) is 74.5 Å². The molecule has 0 spiro atoms. The van der Waals surface area contributed by atoms with E-state index in [-0.39, 0.29) is 57.7 Å². The number of ether oxygens (including phenoxy) is 2. The van der Waals surface area contributed by atoms with Gasteiger partial charge in [0.15, 0.2) is 0 Å². The molecular weight excluding hydrogens is 598 g/mol. The average Bonchev–Trinajstić information content (AvgIpc) is 3.30. The Balaban J connectivity index is 1.56. The number of hydrogen-bond acceptors (Lipinski definition) is 9. The molecule has 222 valence electrons. The predicted octanol–water partition coefficient (Wildman–Crippen LogP) is 4.36. The van der Waals surface area contributed by atoms with Gasteiger partial charge in [-0.3, -0.25) is 14.2 Å². The lowest BCUT2D eigenvalue weighted by Crippen LogP contribution is -2.18. The summed E-state index contributed by atoms with van der Waals surface area (Å²) in [7, 11) is -8.91. The molecule has 0 saturated heterocycles. The number of nitrogens with one attached hydrogen (secondary N) is 3. The molecule has 3 N–H and O–H groups in total. The maximum atomic E-state index is 13.7. The first-order chi connectivity index (χ1) is 20.4. The van der Waals surface area contributed by atoms with Crippen LogP contribution in [0.2, 0.25) is 0 Å². The zero-order chi connectivity index (χ0) is 30.9. The zero-order valence-corrected chi connectivity index (χ0v) is 24.5. The molecule has 1 heterocycles. The Kier molecular flexibility index (Phi) is 7.82. The molecule has 1 aliphatic heterocycles. The van der Waals surface area contributed by atoms with Crippen LogP contribution in [-0.2, 0) is 29.5 Å². The first-order valence-electron chi connectivity index (χ1n) is 13.0. The monoisotopic (exact) mass is 623 g/mol. The average molecular weight is 624 g/mol. The van der Waals surface area contributed by atoms with E-state index in [4.69, 9.17) is 9.47 Å². The molecule has 0 aliphatic carbocycles. The van der Waals surface area contributed by atoms with E-state index in [1.807, 2.05) is 0 Å². The Morgan fingerprint density at radius 1 is 0.721 bits per heavy atom. The van der Waals surface area contributed by atoms with Crippen LogP contribution >= 0.6 is 0 Å². The number of rotatable bonds is 10. The van der Waals surface area contributed by atoms with Crippen molar-refractivity contribution in [3.8, 4) is 0 Å². The van der Waals surface area contributed by atoms with E-state index < -0.39 is 47.7 Å². The molecule has 1 amide bonds. The molecule has 12 nitrogen and oxygen atoms in total. The largest absolute Gasteiger partial charge is 0.462 e. The summed E-state index contributed by atoms with van der Waals surface area (Å²) in [6.07, 6.45) is 0. The minimum Gasteiger partial charge on any atom is -0.462 e. The maximum Gasteiger partial charge on any atom is 0.338 e. The molecule has 0 aromatic heterocycles. The van der Waals surface area contributed by atoms with Crippen molar-refractivity contribution in [1.29, 1.82) is 0 Å². The Hall–Kier alpha value is -4.95. The van der Waals surface area contributed by atoms with Gasteiger partial charge in [-0.1, -0.05) is 12.1 Å². The summed E-state index contributed by atoms with van der Waals surface area (Å²) in [5, 5.41) is 2.80. The van der Waals surface area contributed by atoms with E-state index in [2.05, 4.69) is 14.8 Å². The van der Waals surface area contributed by atoms with Crippen molar-refractivity contribution in [1.82, 2.24) is 0 Å². The van der Waals surface area contributed by atoms with Crippen molar-refractivity contribution in [3.05, 3.63) is 89.5 Å². The van der Waals surface area contributed by atoms with Crippen molar-refractivity contribution in [3.63, 3.8) is 0 Å². The van der Waals surface area contributed by atoms with Crippen molar-refractivity contribution in [2.45, 2.75) is 23.6 Å². The number of anilines is 3. The van der Waals surface area contributed by atoms with Crippen molar-refractivity contribution < 1.29 is 40.7 Å². The quantitative estimate of drug-likeness (QED) is 0.217. The summed E-state index contributed by atoms with van der Waals surface area (Å²) in [6, 6.07) is 16.4. The summed E-state index contributed by atoms with van der Waals surface area (Å²) in [6.45, 7) is 3.66. The van der Waals surface area contributed by atoms with Gasteiger partial charge in [0.2, 0.25) is 0 Å². The summed E-state index contributed by atoms with van der Waals surface area (Å²) in [5.41, 5.74) is 0.662. The molecule has 5 rings (SSSR count). The number of sulfonamides is 2. The molecule has 43 heavy (non-hydrogen) atoms. The lowest BCUT2D eigenvalue weighted by atomic mass is 10.1. The van der Waals surface area contributed by atoms with Crippen LogP contribution in [0, 0.1) is 0 Å². The lowest BCUT2D eigenvalue weighted by Gasteiger charge is -2.16. The summed E-state index contributed by atoms with van der Waals surface area (Å²) >= 11 is 0. The number of esters is 2. The number of amides is 1. The molecule has 0 radical (unpaired) electrons. The van der Waals surface area contributed by atoms with Crippen LogP contribution in [0.5, 0.6) is 0 Å². The topological polar surface area (TPSA) is 174 Å². The summed E-state index contributed by atoms with van der Waals surface area (Å²) < 4.78 is 69.3. The van der Waals surface area contributed by atoms with E-state index in [1.165, 1.54) is 66.7 Å². The van der Waals surface area contributed by atoms with Crippen LogP contribution in [0.4, 0.5) is 17.1 Å². The molecule has 0 atom stereocenters. The highest BCUT2D eigenvalue weighted by Crippen LogP contribution is 2.42. The Morgan fingerprint density at radius 3 is 1.70 bits per heavy atom. The third-order valence-electron chi connectivity index (χ3n) is 6.45. The highest BCUT2D eigenvalue weighted by atomic mass is 32.2. The third-order valence-corrected chi connectivity index (χ3v) is 9.27. The van der Waals surface area contributed by atoms with Gasteiger partial charge in [-0.15, -0.1) is 0 Å². The summed E-state index contributed by atoms with van der Waals surface area (Å²) in [4.78, 5) is 35.8. The smallest absolute Gasteiger partial charge is 0.338 e. The Morgan fingerprint density at radius 2 is 1.21 bits per heavy atom. The number of carbonyl (C=O) groups is 3. The van der Waals surface area contributed by atoms with Crippen molar-refractivity contribution in [2.75, 3.05) is 28.0 Å². The van der Waals surface area contributed by atoms with Gasteiger partial charge < -0.3 is 14.8 Å². The minimum atomic E-state index is -4.48. The normalized spacial score (nSPS) is 12.5. The fraction of sp³-hybridized carbons (Fsp3) is 0.138. The van der Waals surface area contributed by atoms with E-state index in [9.17, 15) is 31.2 Å². The standard InChI is InChI=1S/C29H25N3O9S2/c1-3-40-28(34)17-8-12-19(13-9-17)31-42(36,37)23-16-24(26-25-21(23)6-5-7-22(25)27(33)30-26)43(38,39)32-20-14-10-18(11-15-20)29(35)41-4-2/h5-16,31-32H,3-4H2,1-2H3,(H,30,33). The fourth-order valence-corrected chi connectivity index (χ4v) is 7.16. The van der Waals surface area contributed by atoms with Gasteiger partial charge in [0.1, 0.15) is 4.90 Å². The third kappa shape index (κ3) is 5.74. The highest BCUT2D eigenvalue weighted by Gasteiger charge is 2.33. The summed E-state index contributed by atoms with van der Waals surface area (Å²) in [5.74, 6) is -1.74. The SMILES string of the molecule is CCOC(=O)c1ccc(NS(=O)(=O)c2cc(S(=O)(=O)Nc3ccc(C(=O)OCC)cc3)c3cccc4c3c2NC4=O)cc1. The van der Waals surface area contributed by atoms with Gasteiger partial charge in [0.25, 0.3) is 26.0 Å². The molecule has 14 heteroatoms. The second-order valence-corrected chi connectivity index (χ2v) is 12.5. The van der Waals surface area contributed by atoms with Gasteiger partial charge in [-0.25, -0.2) is 26.4 Å². The highest BCUT2D eigenvalue weighted by molar-refractivity contribution is 7.93. The van der Waals surface area contributed by atoms with E-state index >= 15 is 0 Å². The molecule has 0 fully saturated rings. The molecule has 4 aromatic rings. The minimum absolute atomic E-state index is 0.0658. The van der Waals surface area contributed by atoms with Gasteiger partial charge >= 0.3 is 11.9 Å². The zero-order valence-electron chi connectivity index (χ0n) is 22.8. The molecule has 0 saturated carbocycles. The van der Waals surface area contributed by atoms with Crippen LogP contribution in [0.1, 0.15) is 44.9 Å². The molecular formula is C29H25N3O9S2. The fourth-order valence-electron chi connectivity index (χ4n) is 4.55. The van der Waals surface area contributed by atoms with E-state index in [0.717, 1.165) is 6.07 Å². The number of benzene rings is 4. The predicted molar refractivity (Wildman–Crippen MR) is 158 cm³/mol. The molecule has 0 unspecified atom stereocenters. The van der Waals surface area contributed by atoms with Crippen molar-refractivity contribution >= 4 is 65.7 Å². The van der Waals surface area contributed by atoms with Crippen LogP contribution < -0.4 is 14.8 Å².